The normalized spacial score (nSPS) is 20.4. The summed E-state index contributed by atoms with van der Waals surface area (Å²) in [6, 6.07) is 5.44. The summed E-state index contributed by atoms with van der Waals surface area (Å²) in [6.45, 7) is 1.48. The summed E-state index contributed by atoms with van der Waals surface area (Å²) in [5.41, 5.74) is 0.752. The van der Waals surface area contributed by atoms with Gasteiger partial charge in [-0.1, -0.05) is 17.7 Å². The SMILES string of the molecule is Cc1ccc(S(=O)(=O)N2CCC[C@@H]2OC(C(F)(F)F)C(F)(F)F)cc1. The number of benzene rings is 1. The van der Waals surface area contributed by atoms with Crippen LogP contribution in [0, 0.1) is 6.92 Å². The van der Waals surface area contributed by atoms with Crippen molar-refractivity contribution in [2.24, 2.45) is 0 Å². The van der Waals surface area contributed by atoms with E-state index in [9.17, 15) is 34.8 Å². The van der Waals surface area contributed by atoms with Crippen LogP contribution in [-0.4, -0.2) is 44.0 Å². The van der Waals surface area contributed by atoms with E-state index in [0.29, 0.717) is 4.31 Å². The lowest BCUT2D eigenvalue weighted by molar-refractivity contribution is -0.335. The molecule has 0 spiro atoms. The van der Waals surface area contributed by atoms with Crippen LogP contribution in [0.1, 0.15) is 18.4 Å². The molecule has 1 atom stereocenters. The number of nitrogens with zero attached hydrogens (tertiary/aromatic N) is 1. The zero-order valence-corrected chi connectivity index (χ0v) is 13.7. The van der Waals surface area contributed by atoms with Crippen LogP contribution in [0.4, 0.5) is 26.3 Å². The molecule has 1 aliphatic heterocycles. The molecular weight excluding hydrogens is 376 g/mol. The van der Waals surface area contributed by atoms with E-state index in [1.54, 1.807) is 6.92 Å². The van der Waals surface area contributed by atoms with Crippen LogP contribution in [0.3, 0.4) is 0 Å². The summed E-state index contributed by atoms with van der Waals surface area (Å²) >= 11 is 0. The highest BCUT2D eigenvalue weighted by Crippen LogP contribution is 2.39. The van der Waals surface area contributed by atoms with Crippen molar-refractivity contribution in [1.82, 2.24) is 4.31 Å². The molecule has 0 amide bonds. The zero-order valence-electron chi connectivity index (χ0n) is 12.9. The molecule has 1 fully saturated rings. The molecule has 0 N–H and O–H groups in total. The highest BCUT2D eigenvalue weighted by molar-refractivity contribution is 7.89. The van der Waals surface area contributed by atoms with Gasteiger partial charge in [-0.3, -0.25) is 0 Å². The first-order valence-electron chi connectivity index (χ1n) is 7.21. The molecule has 0 bridgehead atoms. The third kappa shape index (κ3) is 4.45. The van der Waals surface area contributed by atoms with Crippen molar-refractivity contribution in [3.63, 3.8) is 0 Å². The Kier molecular flexibility index (Phi) is 5.41. The molecule has 1 aromatic carbocycles. The van der Waals surface area contributed by atoms with Gasteiger partial charge >= 0.3 is 12.4 Å². The standard InChI is InChI=1S/C14H15F6NO3S/c1-9-4-6-10(7-5-9)25(22,23)21-8-2-3-11(21)24-12(13(15,16)17)14(18,19)20/h4-7,11-12H,2-3,8H2,1H3/t11-/m0/s1. The van der Waals surface area contributed by atoms with Crippen molar-refractivity contribution in [3.05, 3.63) is 29.8 Å². The predicted octanol–water partition coefficient (Wildman–Crippen LogP) is 3.62. The molecular formula is C14H15F6NO3S. The highest BCUT2D eigenvalue weighted by Gasteiger charge is 2.59. The second kappa shape index (κ2) is 6.76. The number of sulfonamides is 1. The molecule has 25 heavy (non-hydrogen) atoms. The van der Waals surface area contributed by atoms with Crippen molar-refractivity contribution in [1.29, 1.82) is 0 Å². The Hall–Kier alpha value is -1.33. The molecule has 1 aromatic rings. The van der Waals surface area contributed by atoms with E-state index in [4.69, 9.17) is 0 Å². The minimum atomic E-state index is -5.69. The second-order valence-corrected chi connectivity index (χ2v) is 7.52. The van der Waals surface area contributed by atoms with Gasteiger partial charge in [0.25, 0.3) is 6.10 Å². The largest absolute Gasteiger partial charge is 0.423 e. The summed E-state index contributed by atoms with van der Waals surface area (Å²) in [5, 5.41) is 0. The smallest absolute Gasteiger partial charge is 0.341 e. The number of hydrogen-bond donors (Lipinski definition) is 0. The number of halogens is 6. The molecule has 142 valence electrons. The Balaban J connectivity index is 2.29. The van der Waals surface area contributed by atoms with Crippen molar-refractivity contribution in [2.75, 3.05) is 6.54 Å². The lowest BCUT2D eigenvalue weighted by Crippen LogP contribution is -2.49. The van der Waals surface area contributed by atoms with Gasteiger partial charge < -0.3 is 4.74 Å². The first-order chi connectivity index (χ1) is 11.3. The summed E-state index contributed by atoms with van der Waals surface area (Å²) in [4.78, 5) is -0.218. The van der Waals surface area contributed by atoms with Gasteiger partial charge in [-0.2, -0.15) is 30.6 Å². The topological polar surface area (TPSA) is 46.6 Å². The summed E-state index contributed by atoms with van der Waals surface area (Å²) < 4.78 is 106. The van der Waals surface area contributed by atoms with Crippen molar-refractivity contribution < 1.29 is 39.5 Å². The Labute approximate surface area is 140 Å². The second-order valence-electron chi connectivity index (χ2n) is 5.63. The van der Waals surface area contributed by atoms with Gasteiger partial charge in [-0.25, -0.2) is 8.42 Å². The first kappa shape index (κ1) is 20.0. The fourth-order valence-corrected chi connectivity index (χ4v) is 4.05. The fourth-order valence-electron chi connectivity index (χ4n) is 2.46. The summed E-state index contributed by atoms with van der Waals surface area (Å²) in [7, 11) is -4.27. The van der Waals surface area contributed by atoms with Crippen molar-refractivity contribution in [3.8, 4) is 0 Å². The maximum atomic E-state index is 12.6. The van der Waals surface area contributed by atoms with Gasteiger partial charge in [0.2, 0.25) is 10.0 Å². The molecule has 0 radical (unpaired) electrons. The van der Waals surface area contributed by atoms with Gasteiger partial charge in [-0.15, -0.1) is 0 Å². The summed E-state index contributed by atoms with van der Waals surface area (Å²) in [5.74, 6) is 0. The van der Waals surface area contributed by atoms with E-state index >= 15 is 0 Å². The number of ether oxygens (including phenoxy) is 1. The van der Waals surface area contributed by atoms with Crippen LogP contribution < -0.4 is 0 Å². The molecule has 1 aliphatic rings. The third-order valence-corrected chi connectivity index (χ3v) is 5.57. The number of aryl methyl sites for hydroxylation is 1. The lowest BCUT2D eigenvalue weighted by atomic mass is 10.2. The third-order valence-electron chi connectivity index (χ3n) is 3.67. The van der Waals surface area contributed by atoms with Crippen LogP contribution in [0.2, 0.25) is 0 Å². The molecule has 1 heterocycles. The lowest BCUT2D eigenvalue weighted by Gasteiger charge is -2.30. The van der Waals surface area contributed by atoms with E-state index in [2.05, 4.69) is 4.74 Å². The molecule has 0 unspecified atom stereocenters. The minimum Gasteiger partial charge on any atom is -0.341 e. The maximum Gasteiger partial charge on any atom is 0.423 e. The predicted molar refractivity (Wildman–Crippen MR) is 75.1 cm³/mol. The fraction of sp³-hybridized carbons (Fsp3) is 0.571. The molecule has 2 rings (SSSR count). The van der Waals surface area contributed by atoms with Crippen molar-refractivity contribution >= 4 is 10.0 Å². The van der Waals surface area contributed by atoms with E-state index in [-0.39, 0.29) is 24.3 Å². The van der Waals surface area contributed by atoms with E-state index in [0.717, 1.165) is 5.56 Å². The molecule has 1 saturated heterocycles. The minimum absolute atomic E-state index is 0.0954. The Morgan fingerprint density at radius 2 is 1.60 bits per heavy atom. The molecule has 0 aliphatic carbocycles. The quantitative estimate of drug-likeness (QED) is 0.737. The molecule has 4 nitrogen and oxygen atoms in total. The average molecular weight is 391 g/mol. The van der Waals surface area contributed by atoms with Gasteiger partial charge in [0.05, 0.1) is 4.90 Å². The van der Waals surface area contributed by atoms with E-state index in [1.807, 2.05) is 0 Å². The zero-order chi connectivity index (χ0) is 19.0. The van der Waals surface area contributed by atoms with Crippen LogP contribution >= 0.6 is 0 Å². The number of rotatable bonds is 4. The molecule has 0 aromatic heterocycles. The Morgan fingerprint density at radius 1 is 1.08 bits per heavy atom. The monoisotopic (exact) mass is 391 g/mol. The van der Waals surface area contributed by atoms with Crippen LogP contribution in [0.15, 0.2) is 29.2 Å². The van der Waals surface area contributed by atoms with Gasteiger partial charge in [0, 0.05) is 6.54 Å². The summed E-state index contributed by atoms with van der Waals surface area (Å²) in [6.07, 6.45) is -17.4. The van der Waals surface area contributed by atoms with Crippen LogP contribution in [-0.2, 0) is 14.8 Å². The highest BCUT2D eigenvalue weighted by atomic mass is 32.2. The van der Waals surface area contributed by atoms with Gasteiger partial charge in [0.1, 0.15) is 6.23 Å². The molecule has 0 saturated carbocycles. The van der Waals surface area contributed by atoms with Crippen LogP contribution in [0.25, 0.3) is 0 Å². The van der Waals surface area contributed by atoms with E-state index in [1.165, 1.54) is 24.3 Å². The molecule has 11 heteroatoms. The Bertz CT molecular complexity index is 685. The average Bonchev–Trinajstić information content (AvgIpc) is 2.92. The van der Waals surface area contributed by atoms with Gasteiger partial charge in [0.15, 0.2) is 0 Å². The van der Waals surface area contributed by atoms with Crippen molar-refractivity contribution in [2.45, 2.75) is 49.3 Å². The Morgan fingerprint density at radius 3 is 2.08 bits per heavy atom. The number of alkyl halides is 6. The first-order valence-corrected chi connectivity index (χ1v) is 8.65. The number of hydrogen-bond acceptors (Lipinski definition) is 3. The van der Waals surface area contributed by atoms with Crippen LogP contribution in [0.5, 0.6) is 0 Å². The van der Waals surface area contributed by atoms with Gasteiger partial charge in [-0.05, 0) is 31.9 Å². The van der Waals surface area contributed by atoms with E-state index < -0.39 is 34.7 Å². The maximum absolute atomic E-state index is 12.6.